The van der Waals surface area contributed by atoms with Crippen molar-refractivity contribution in [2.75, 3.05) is 17.2 Å². The van der Waals surface area contributed by atoms with Crippen LogP contribution in [0.25, 0.3) is 17.2 Å². The van der Waals surface area contributed by atoms with Gasteiger partial charge in [0.1, 0.15) is 11.6 Å². The van der Waals surface area contributed by atoms with Crippen LogP contribution in [-0.4, -0.2) is 37.3 Å². The molecule has 5 rings (SSSR count). The average Bonchev–Trinajstić information content (AvgIpc) is 3.40. The Morgan fingerprint density at radius 2 is 1.94 bits per heavy atom. The molecule has 0 amide bonds. The fourth-order valence-electron chi connectivity index (χ4n) is 3.67. The Morgan fingerprint density at radius 3 is 2.71 bits per heavy atom. The van der Waals surface area contributed by atoms with Gasteiger partial charge in [0.05, 0.1) is 11.8 Å². The molecule has 34 heavy (non-hydrogen) atoms. The monoisotopic (exact) mass is 467 g/mol. The number of imidazole rings is 1. The molecule has 8 nitrogen and oxygen atoms in total. The van der Waals surface area contributed by atoms with E-state index in [4.69, 9.17) is 4.42 Å². The third-order valence-electron chi connectivity index (χ3n) is 5.38. The smallest absolute Gasteiger partial charge is 0.416 e. The van der Waals surface area contributed by atoms with E-state index in [9.17, 15) is 13.2 Å². The number of hydrogen-bond acceptors (Lipinski definition) is 7. The Bertz CT molecular complexity index is 1380. The van der Waals surface area contributed by atoms with Crippen LogP contribution in [-0.2, 0) is 0 Å². The molecule has 174 valence electrons. The number of aryl methyl sites for hydroxylation is 1. The number of anilines is 3. The average molecular weight is 467 g/mol. The molecule has 0 aliphatic heterocycles. The lowest BCUT2D eigenvalue weighted by molar-refractivity contribution is -0.0893. The van der Waals surface area contributed by atoms with E-state index in [-0.39, 0.29) is 6.54 Å². The van der Waals surface area contributed by atoms with Crippen molar-refractivity contribution in [3.8, 4) is 11.5 Å². The van der Waals surface area contributed by atoms with Crippen molar-refractivity contribution in [2.45, 2.75) is 25.9 Å². The topological polar surface area (TPSA) is 93.2 Å². The molecule has 1 aromatic carbocycles. The highest BCUT2D eigenvalue weighted by Crippen LogP contribution is 2.33. The van der Waals surface area contributed by atoms with Gasteiger partial charge in [0.2, 0.25) is 17.6 Å². The van der Waals surface area contributed by atoms with Crippen molar-refractivity contribution in [3.05, 3.63) is 71.8 Å². The van der Waals surface area contributed by atoms with Crippen molar-refractivity contribution >= 4 is 23.2 Å². The summed E-state index contributed by atoms with van der Waals surface area (Å²) < 4.78 is 47.0. The van der Waals surface area contributed by atoms with Crippen LogP contribution in [0.4, 0.5) is 30.6 Å². The summed E-state index contributed by atoms with van der Waals surface area (Å²) in [5.74, 6) is 1.95. The predicted molar refractivity (Wildman–Crippen MR) is 121 cm³/mol. The van der Waals surface area contributed by atoms with Crippen LogP contribution in [0.15, 0.2) is 70.4 Å². The quantitative estimate of drug-likeness (QED) is 0.389. The van der Waals surface area contributed by atoms with Gasteiger partial charge in [-0.3, -0.25) is 0 Å². The fourth-order valence-corrected chi connectivity index (χ4v) is 3.67. The standard InChI is InChI=1S/C23H20F3N7O/c1-14-28-13-20-33(14)32-21(34-20)15-6-8-17(9-7-15)30-22-27-11-10-19(31-22)29-12-16-4-2-3-5-18(16)23(24,25)26/h3,5-11,13H,2,4,12H2,1H3,(H2,27,29,30,31). The van der Waals surface area contributed by atoms with Crippen molar-refractivity contribution < 1.29 is 17.6 Å². The van der Waals surface area contributed by atoms with Crippen LogP contribution >= 0.6 is 0 Å². The first-order valence-electron chi connectivity index (χ1n) is 10.6. The molecular formula is C23H20F3N7O. The second-order valence-corrected chi connectivity index (χ2v) is 7.74. The lowest BCUT2D eigenvalue weighted by atomic mass is 9.97. The van der Waals surface area contributed by atoms with Crippen molar-refractivity contribution in [1.82, 2.24) is 24.6 Å². The minimum Gasteiger partial charge on any atom is -0.417 e. The van der Waals surface area contributed by atoms with Gasteiger partial charge in [-0.1, -0.05) is 12.2 Å². The number of allylic oxidation sites excluding steroid dienone is 3. The summed E-state index contributed by atoms with van der Waals surface area (Å²) >= 11 is 0. The van der Waals surface area contributed by atoms with E-state index >= 15 is 0 Å². The SMILES string of the molecule is Cc1ncc2oc(-c3ccc(Nc4nccc(NCC5=C(C(F)(F)F)C=CCC5)n4)cc3)nn12. The number of halogens is 3. The van der Waals surface area contributed by atoms with Crippen LogP contribution in [0.1, 0.15) is 18.7 Å². The molecule has 1 aliphatic carbocycles. The van der Waals surface area contributed by atoms with E-state index < -0.39 is 11.7 Å². The van der Waals surface area contributed by atoms with Crippen LogP contribution in [0, 0.1) is 6.92 Å². The van der Waals surface area contributed by atoms with E-state index in [1.54, 1.807) is 22.9 Å². The number of alkyl halides is 3. The molecule has 4 aromatic rings. The molecule has 2 N–H and O–H groups in total. The number of hydrogen-bond donors (Lipinski definition) is 2. The number of nitrogens with one attached hydrogen (secondary N) is 2. The summed E-state index contributed by atoms with van der Waals surface area (Å²) in [6.07, 6.45) is 2.43. The molecule has 0 radical (unpaired) electrons. The summed E-state index contributed by atoms with van der Waals surface area (Å²) in [5, 5.41) is 10.5. The molecule has 0 bridgehead atoms. The zero-order valence-corrected chi connectivity index (χ0v) is 18.1. The third-order valence-corrected chi connectivity index (χ3v) is 5.38. The van der Waals surface area contributed by atoms with Crippen molar-refractivity contribution in [3.63, 3.8) is 0 Å². The van der Waals surface area contributed by atoms with Gasteiger partial charge in [-0.2, -0.15) is 22.7 Å². The minimum atomic E-state index is -4.37. The molecule has 3 aromatic heterocycles. The van der Waals surface area contributed by atoms with Crippen LogP contribution in [0.3, 0.4) is 0 Å². The molecule has 0 atom stereocenters. The van der Waals surface area contributed by atoms with E-state index in [0.29, 0.717) is 41.8 Å². The summed E-state index contributed by atoms with van der Waals surface area (Å²) in [5.41, 5.74) is 1.81. The van der Waals surface area contributed by atoms with Gasteiger partial charge in [0.15, 0.2) is 0 Å². The highest BCUT2D eigenvalue weighted by Gasteiger charge is 2.35. The van der Waals surface area contributed by atoms with Crippen LogP contribution in [0.2, 0.25) is 0 Å². The predicted octanol–water partition coefficient (Wildman–Crippen LogP) is 5.45. The molecule has 11 heteroatoms. The highest BCUT2D eigenvalue weighted by molar-refractivity contribution is 5.62. The second-order valence-electron chi connectivity index (χ2n) is 7.74. The highest BCUT2D eigenvalue weighted by atomic mass is 19.4. The first-order chi connectivity index (χ1) is 16.4. The van der Waals surface area contributed by atoms with Gasteiger partial charge in [-0.15, -0.1) is 5.10 Å². The fraction of sp³-hybridized carbons (Fsp3) is 0.217. The number of benzene rings is 1. The van der Waals surface area contributed by atoms with Crippen molar-refractivity contribution in [2.24, 2.45) is 0 Å². The van der Waals surface area contributed by atoms with Crippen molar-refractivity contribution in [1.29, 1.82) is 0 Å². The molecule has 1 aliphatic rings. The molecule has 0 saturated carbocycles. The maximum Gasteiger partial charge on any atom is 0.416 e. The first-order valence-corrected chi connectivity index (χ1v) is 10.6. The van der Waals surface area contributed by atoms with E-state index in [1.165, 1.54) is 6.20 Å². The first kappa shape index (κ1) is 21.7. The van der Waals surface area contributed by atoms with Gasteiger partial charge in [0, 0.05) is 24.0 Å². The zero-order chi connectivity index (χ0) is 23.7. The maximum atomic E-state index is 13.2. The second kappa shape index (κ2) is 8.65. The Labute approximate surface area is 192 Å². The third kappa shape index (κ3) is 4.49. The van der Waals surface area contributed by atoms with E-state index in [1.807, 2.05) is 31.2 Å². The molecular weight excluding hydrogens is 447 g/mol. The Morgan fingerprint density at radius 1 is 1.12 bits per heavy atom. The molecule has 0 spiro atoms. The van der Waals surface area contributed by atoms with Crippen LogP contribution < -0.4 is 10.6 Å². The van der Waals surface area contributed by atoms with Gasteiger partial charge >= 0.3 is 6.18 Å². The zero-order valence-electron chi connectivity index (χ0n) is 18.1. The lowest BCUT2D eigenvalue weighted by Crippen LogP contribution is -2.19. The molecule has 0 saturated heterocycles. The summed E-state index contributed by atoms with van der Waals surface area (Å²) in [6, 6.07) is 8.97. The summed E-state index contributed by atoms with van der Waals surface area (Å²) in [6.45, 7) is 1.90. The minimum absolute atomic E-state index is 0.0596. The number of rotatable bonds is 6. The summed E-state index contributed by atoms with van der Waals surface area (Å²) in [7, 11) is 0. The Hall–Kier alpha value is -4.15. The van der Waals surface area contributed by atoms with E-state index in [0.717, 1.165) is 23.2 Å². The van der Waals surface area contributed by atoms with Gasteiger partial charge in [-0.05, 0) is 55.7 Å². The van der Waals surface area contributed by atoms with Gasteiger partial charge in [0.25, 0.3) is 0 Å². The van der Waals surface area contributed by atoms with Gasteiger partial charge in [-0.25, -0.2) is 9.97 Å². The van der Waals surface area contributed by atoms with Gasteiger partial charge < -0.3 is 15.1 Å². The number of aromatic nitrogens is 5. The Balaban J connectivity index is 1.26. The maximum absolute atomic E-state index is 13.2. The molecule has 0 fully saturated rings. The normalized spacial score (nSPS) is 14.1. The number of nitrogens with zero attached hydrogens (tertiary/aromatic N) is 5. The molecule has 0 unspecified atom stereocenters. The lowest BCUT2D eigenvalue weighted by Gasteiger charge is -2.19. The van der Waals surface area contributed by atoms with Crippen LogP contribution in [0.5, 0.6) is 0 Å². The molecule has 3 heterocycles. The van der Waals surface area contributed by atoms with E-state index in [2.05, 4.69) is 30.7 Å². The Kier molecular flexibility index (Phi) is 5.52. The largest absolute Gasteiger partial charge is 0.417 e. The number of fused-ring (bicyclic) bond motifs is 1. The summed E-state index contributed by atoms with van der Waals surface area (Å²) in [4.78, 5) is 12.7.